The molecule has 0 bridgehead atoms. The quantitative estimate of drug-likeness (QED) is 0.351. The summed E-state index contributed by atoms with van der Waals surface area (Å²) in [5.41, 5.74) is 1.77. The third-order valence-corrected chi connectivity index (χ3v) is 8.48. The van der Waals surface area contributed by atoms with Crippen molar-refractivity contribution in [2.24, 2.45) is 0 Å². The van der Waals surface area contributed by atoms with Crippen molar-refractivity contribution in [1.82, 2.24) is 20.6 Å². The van der Waals surface area contributed by atoms with E-state index in [2.05, 4.69) is 25.8 Å². The first-order valence-electron chi connectivity index (χ1n) is 15.4. The largest absolute Gasteiger partial charge is 0.489 e. The van der Waals surface area contributed by atoms with Crippen LogP contribution in [0.5, 0.6) is 5.75 Å². The number of aliphatic hydroxyl groups is 1. The number of nitrogens with one attached hydrogen (secondary N) is 3. The van der Waals surface area contributed by atoms with E-state index in [0.717, 1.165) is 69.5 Å². The Balaban J connectivity index is 1.57. The highest BCUT2D eigenvalue weighted by molar-refractivity contribution is 6.02. The summed E-state index contributed by atoms with van der Waals surface area (Å²) in [6.07, 6.45) is 7.67. The minimum Gasteiger partial charge on any atom is -0.489 e. The van der Waals surface area contributed by atoms with E-state index in [1.165, 1.54) is 13.2 Å². The molecule has 3 aliphatic rings. The highest BCUT2D eigenvalue weighted by atomic mass is 19.3. The summed E-state index contributed by atoms with van der Waals surface area (Å²) in [5, 5.41) is 18.8. The van der Waals surface area contributed by atoms with Gasteiger partial charge in [-0.1, -0.05) is 19.3 Å². The van der Waals surface area contributed by atoms with Gasteiger partial charge < -0.3 is 40.5 Å². The number of aliphatic hydroxyl groups excluding tert-OH is 1. The molecule has 1 saturated heterocycles. The average molecular weight is 617 g/mol. The first-order valence-corrected chi connectivity index (χ1v) is 15.4. The van der Waals surface area contributed by atoms with Crippen LogP contribution in [0.2, 0.25) is 0 Å². The van der Waals surface area contributed by atoms with Crippen molar-refractivity contribution >= 4 is 40.6 Å². The number of carbonyl (C=O) groups excluding carboxylic acids is 2. The molecule has 240 valence electrons. The van der Waals surface area contributed by atoms with Crippen LogP contribution in [0.25, 0.3) is 0 Å². The molecule has 2 aromatic rings. The monoisotopic (exact) mass is 616 g/mol. The summed E-state index contributed by atoms with van der Waals surface area (Å²) in [6.45, 7) is 2.11. The molecule has 5 rings (SSSR count). The van der Waals surface area contributed by atoms with Gasteiger partial charge in [0, 0.05) is 39.8 Å². The molecule has 1 aromatic carbocycles. The maximum absolute atomic E-state index is 15.1. The predicted molar refractivity (Wildman–Crippen MR) is 165 cm³/mol. The maximum atomic E-state index is 15.1. The summed E-state index contributed by atoms with van der Waals surface area (Å²) in [5.74, 6) is -4.48. The third-order valence-electron chi connectivity index (χ3n) is 8.48. The first kappa shape index (κ1) is 31.6. The minimum atomic E-state index is -3.59. The molecular formula is C30H42F2N8O4. The van der Waals surface area contributed by atoms with Gasteiger partial charge in [0.2, 0.25) is 5.95 Å². The van der Waals surface area contributed by atoms with Crippen molar-refractivity contribution in [2.75, 3.05) is 80.0 Å². The summed E-state index contributed by atoms with van der Waals surface area (Å²) < 4.78 is 36.1. The van der Waals surface area contributed by atoms with Gasteiger partial charge in [-0.15, -0.1) is 0 Å². The SMILES string of the molecule is CNC(=O)c1cc(OCCO)c(Nc2ncc3c(n2)N(C2CCCCC2)CC(F)(F)C(=O)N3C)cc1N1CCCCNCC1. The van der Waals surface area contributed by atoms with Crippen molar-refractivity contribution in [2.45, 2.75) is 56.9 Å². The molecule has 0 unspecified atom stereocenters. The number of carbonyl (C=O) groups is 2. The molecule has 1 aromatic heterocycles. The van der Waals surface area contributed by atoms with Crippen molar-refractivity contribution in [3.05, 3.63) is 23.9 Å². The predicted octanol–water partition coefficient (Wildman–Crippen LogP) is 2.89. The number of rotatable bonds is 8. The Morgan fingerprint density at radius 3 is 2.68 bits per heavy atom. The van der Waals surface area contributed by atoms with Crippen molar-refractivity contribution in [3.8, 4) is 5.75 Å². The fourth-order valence-electron chi connectivity index (χ4n) is 6.16. The molecule has 12 nitrogen and oxygen atoms in total. The number of aromatic nitrogens is 2. The Hall–Kier alpha value is -3.78. The topological polar surface area (TPSA) is 135 Å². The van der Waals surface area contributed by atoms with Crippen LogP contribution in [0.1, 0.15) is 55.3 Å². The molecule has 1 aliphatic carbocycles. The van der Waals surface area contributed by atoms with E-state index in [4.69, 9.17) is 9.72 Å². The lowest BCUT2D eigenvalue weighted by Crippen LogP contribution is -2.49. The number of hydrogen-bond donors (Lipinski definition) is 4. The number of halogens is 2. The van der Waals surface area contributed by atoms with Crippen LogP contribution in [0.15, 0.2) is 18.3 Å². The van der Waals surface area contributed by atoms with Crippen LogP contribution in [-0.4, -0.2) is 98.9 Å². The Morgan fingerprint density at radius 1 is 1.14 bits per heavy atom. The summed E-state index contributed by atoms with van der Waals surface area (Å²) in [7, 11) is 2.88. The molecule has 0 radical (unpaired) electrons. The van der Waals surface area contributed by atoms with Crippen LogP contribution in [0, 0.1) is 0 Å². The zero-order chi connectivity index (χ0) is 31.3. The second-order valence-corrected chi connectivity index (χ2v) is 11.5. The second-order valence-electron chi connectivity index (χ2n) is 11.5. The number of amides is 2. The highest BCUT2D eigenvalue weighted by Crippen LogP contribution is 2.40. The number of anilines is 5. The number of ether oxygens (including phenoxy) is 1. The van der Waals surface area contributed by atoms with Gasteiger partial charge in [0.25, 0.3) is 11.8 Å². The van der Waals surface area contributed by atoms with E-state index < -0.39 is 18.4 Å². The van der Waals surface area contributed by atoms with Crippen molar-refractivity contribution < 1.29 is 28.2 Å². The Bertz CT molecular complexity index is 1330. The van der Waals surface area contributed by atoms with Gasteiger partial charge in [-0.05, 0) is 44.4 Å². The Labute approximate surface area is 256 Å². The van der Waals surface area contributed by atoms with Gasteiger partial charge in [0.1, 0.15) is 18.0 Å². The second kappa shape index (κ2) is 13.9. The standard InChI is InChI=1S/C30H42F2N8O4/c1-33-27(42)21-16-25(44-15-14-41)22(17-23(21)39-12-7-6-10-34-11-13-39)36-29-35-18-24-26(37-29)40(20-8-4-3-5-9-20)19-30(31,32)28(43)38(24)2/h16-18,20,34,41H,3-15,19H2,1-2H3,(H,33,42)(H,35,36,37). The molecule has 0 spiro atoms. The molecule has 2 amide bonds. The van der Waals surface area contributed by atoms with Gasteiger partial charge in [0.05, 0.1) is 36.3 Å². The Morgan fingerprint density at radius 2 is 1.93 bits per heavy atom. The van der Waals surface area contributed by atoms with Gasteiger partial charge in [-0.2, -0.15) is 13.8 Å². The van der Waals surface area contributed by atoms with E-state index in [-0.39, 0.29) is 42.6 Å². The lowest BCUT2D eigenvalue weighted by Gasteiger charge is -2.35. The molecule has 2 fully saturated rings. The lowest BCUT2D eigenvalue weighted by atomic mass is 9.94. The smallest absolute Gasteiger partial charge is 0.342 e. The zero-order valence-corrected chi connectivity index (χ0v) is 25.4. The molecular weight excluding hydrogens is 574 g/mol. The van der Waals surface area contributed by atoms with Gasteiger partial charge in [-0.3, -0.25) is 9.59 Å². The van der Waals surface area contributed by atoms with Crippen LogP contribution in [0.4, 0.5) is 37.6 Å². The van der Waals surface area contributed by atoms with E-state index >= 15 is 8.78 Å². The lowest BCUT2D eigenvalue weighted by molar-refractivity contribution is -0.140. The first-order chi connectivity index (χ1) is 21.2. The highest BCUT2D eigenvalue weighted by Gasteiger charge is 2.48. The third kappa shape index (κ3) is 6.80. The molecule has 44 heavy (non-hydrogen) atoms. The molecule has 0 atom stereocenters. The number of nitrogens with zero attached hydrogens (tertiary/aromatic N) is 5. The van der Waals surface area contributed by atoms with E-state index in [9.17, 15) is 14.7 Å². The van der Waals surface area contributed by atoms with Crippen LogP contribution in [0.3, 0.4) is 0 Å². The van der Waals surface area contributed by atoms with Gasteiger partial charge >= 0.3 is 5.92 Å². The zero-order valence-electron chi connectivity index (χ0n) is 25.4. The normalized spacial score (nSPS) is 19.5. The summed E-state index contributed by atoms with van der Waals surface area (Å²) in [6, 6.07) is 3.25. The van der Waals surface area contributed by atoms with Crippen molar-refractivity contribution in [3.63, 3.8) is 0 Å². The Kier molecular flexibility index (Phi) is 9.99. The molecule has 4 N–H and O–H groups in total. The van der Waals surface area contributed by atoms with Crippen LogP contribution < -0.4 is 35.4 Å². The maximum Gasteiger partial charge on any atom is 0.342 e. The number of hydrogen-bond acceptors (Lipinski definition) is 10. The average Bonchev–Trinajstić information content (AvgIpc) is 3.08. The molecule has 2 aliphatic heterocycles. The minimum absolute atomic E-state index is 0.0165. The number of alkyl halides is 2. The van der Waals surface area contributed by atoms with E-state index in [1.54, 1.807) is 24.1 Å². The number of benzene rings is 1. The fraction of sp³-hybridized carbons (Fsp3) is 0.600. The van der Waals surface area contributed by atoms with Crippen molar-refractivity contribution in [1.29, 1.82) is 0 Å². The number of fused-ring (bicyclic) bond motifs is 1. The van der Waals surface area contributed by atoms with Gasteiger partial charge in [0.15, 0.2) is 5.82 Å². The van der Waals surface area contributed by atoms with Crippen LogP contribution >= 0.6 is 0 Å². The fourth-order valence-corrected chi connectivity index (χ4v) is 6.16. The van der Waals surface area contributed by atoms with Gasteiger partial charge in [-0.25, -0.2) is 4.98 Å². The summed E-state index contributed by atoms with van der Waals surface area (Å²) >= 11 is 0. The molecule has 14 heteroatoms. The van der Waals surface area contributed by atoms with Crippen LogP contribution in [-0.2, 0) is 4.79 Å². The van der Waals surface area contributed by atoms with E-state index in [0.29, 0.717) is 29.2 Å². The van der Waals surface area contributed by atoms with E-state index in [1.807, 2.05) is 0 Å². The molecule has 1 saturated carbocycles. The summed E-state index contributed by atoms with van der Waals surface area (Å²) in [4.78, 5) is 39.5. The molecule has 3 heterocycles.